The second kappa shape index (κ2) is 17.4. The summed E-state index contributed by atoms with van der Waals surface area (Å²) in [5, 5.41) is 4.73. The number of para-hydroxylation sites is 3. The third-order valence-corrected chi connectivity index (χ3v) is 15.2. The number of nitrogens with zero attached hydrogens (tertiary/aromatic N) is 1. The van der Waals surface area contributed by atoms with Crippen molar-refractivity contribution >= 4 is 49.8 Å². The van der Waals surface area contributed by atoms with Crippen molar-refractivity contribution in [1.29, 1.82) is 0 Å². The summed E-state index contributed by atoms with van der Waals surface area (Å²) < 4.78 is 6.72. The highest BCUT2D eigenvalue weighted by molar-refractivity contribution is 6.11. The Hall–Kier alpha value is -9.50. The van der Waals surface area contributed by atoms with Gasteiger partial charge in [-0.3, -0.25) is 0 Å². The molecule has 0 spiro atoms. The van der Waals surface area contributed by atoms with E-state index >= 15 is 0 Å². The van der Waals surface area contributed by atoms with Crippen LogP contribution in [0.4, 0.5) is 17.1 Å². The minimum Gasteiger partial charge on any atom is -0.455 e. The van der Waals surface area contributed by atoms with Crippen LogP contribution in [0, 0.1) is 0 Å². The van der Waals surface area contributed by atoms with Crippen molar-refractivity contribution in [2.24, 2.45) is 0 Å². The molecule has 1 aliphatic carbocycles. The average molecular weight is 930 g/mol. The van der Waals surface area contributed by atoms with Crippen molar-refractivity contribution < 1.29 is 4.42 Å². The Balaban J connectivity index is 0.930. The Morgan fingerprint density at radius 3 is 1.63 bits per heavy atom. The van der Waals surface area contributed by atoms with Crippen LogP contribution >= 0.6 is 0 Å². The molecular weight excluding hydrogens is 883 g/mol. The molecule has 2 heteroatoms. The summed E-state index contributed by atoms with van der Waals surface area (Å²) in [6.07, 6.45) is 0. The Bertz CT molecular complexity index is 4140. The second-order valence-electron chi connectivity index (χ2n) is 19.1. The van der Waals surface area contributed by atoms with Crippen LogP contribution in [0.2, 0.25) is 0 Å². The van der Waals surface area contributed by atoms with Crippen LogP contribution in [-0.2, 0) is 5.41 Å². The minimum atomic E-state index is -0.497. The van der Waals surface area contributed by atoms with Crippen molar-refractivity contribution in [2.75, 3.05) is 4.90 Å². The van der Waals surface area contributed by atoms with Gasteiger partial charge in [-0.05, 0) is 114 Å². The van der Waals surface area contributed by atoms with E-state index in [1.807, 2.05) is 6.07 Å². The molecule has 12 aromatic carbocycles. The molecule has 0 bridgehead atoms. The van der Waals surface area contributed by atoms with Gasteiger partial charge in [0.2, 0.25) is 0 Å². The van der Waals surface area contributed by atoms with E-state index < -0.39 is 5.41 Å². The monoisotopic (exact) mass is 929 g/mol. The van der Waals surface area contributed by atoms with Gasteiger partial charge in [0.05, 0.1) is 11.1 Å². The molecule has 1 aliphatic rings. The average Bonchev–Trinajstić information content (AvgIpc) is 4.05. The van der Waals surface area contributed by atoms with Crippen molar-refractivity contribution in [3.8, 4) is 55.6 Å². The van der Waals surface area contributed by atoms with Gasteiger partial charge in [-0.2, -0.15) is 0 Å². The van der Waals surface area contributed by atoms with Crippen LogP contribution in [0.5, 0.6) is 0 Å². The van der Waals surface area contributed by atoms with E-state index in [1.165, 1.54) is 66.4 Å². The fraction of sp³-hybridized carbons (Fsp3) is 0.0141. The normalized spacial score (nSPS) is 12.5. The number of fused-ring (bicyclic) bond motifs is 7. The van der Waals surface area contributed by atoms with Gasteiger partial charge in [0.25, 0.3) is 0 Å². The van der Waals surface area contributed by atoms with Crippen molar-refractivity contribution in [3.63, 3.8) is 0 Å². The molecule has 1 heterocycles. The van der Waals surface area contributed by atoms with Gasteiger partial charge in [0.1, 0.15) is 11.2 Å². The molecule has 0 amide bonds. The molecular formula is C71H47NO. The smallest absolute Gasteiger partial charge is 0.143 e. The molecule has 0 fully saturated rings. The van der Waals surface area contributed by atoms with E-state index in [0.717, 1.165) is 61.3 Å². The van der Waals surface area contributed by atoms with Crippen LogP contribution in [0.15, 0.2) is 290 Å². The molecule has 0 N–H and O–H groups in total. The molecule has 2 nitrogen and oxygen atoms in total. The van der Waals surface area contributed by atoms with Gasteiger partial charge in [0, 0.05) is 33.3 Å². The van der Waals surface area contributed by atoms with Gasteiger partial charge in [-0.15, -0.1) is 0 Å². The summed E-state index contributed by atoms with van der Waals surface area (Å²) in [6, 6.07) is 104. The number of hydrogen-bond acceptors (Lipinski definition) is 2. The first-order chi connectivity index (χ1) is 36.2. The van der Waals surface area contributed by atoms with Gasteiger partial charge in [0.15, 0.2) is 0 Å². The quantitative estimate of drug-likeness (QED) is 0.143. The van der Waals surface area contributed by atoms with E-state index in [0.29, 0.717) is 0 Å². The molecule has 0 saturated heterocycles. The molecule has 14 rings (SSSR count). The van der Waals surface area contributed by atoms with Gasteiger partial charge in [-0.1, -0.05) is 249 Å². The largest absolute Gasteiger partial charge is 0.455 e. The van der Waals surface area contributed by atoms with Crippen LogP contribution in [-0.4, -0.2) is 0 Å². The summed E-state index contributed by atoms with van der Waals surface area (Å²) >= 11 is 0. The van der Waals surface area contributed by atoms with E-state index in [1.54, 1.807) is 0 Å². The van der Waals surface area contributed by atoms with Crippen LogP contribution in [0.1, 0.15) is 22.3 Å². The van der Waals surface area contributed by atoms with Crippen molar-refractivity contribution in [3.05, 3.63) is 307 Å². The minimum absolute atomic E-state index is 0.497. The van der Waals surface area contributed by atoms with Crippen LogP contribution in [0.25, 0.3) is 88.3 Å². The summed E-state index contributed by atoms with van der Waals surface area (Å²) in [4.78, 5) is 2.42. The molecule has 342 valence electrons. The van der Waals surface area contributed by atoms with Gasteiger partial charge < -0.3 is 9.32 Å². The highest BCUT2D eigenvalue weighted by atomic mass is 16.3. The molecule has 0 saturated carbocycles. The lowest BCUT2D eigenvalue weighted by atomic mass is 9.67. The Kier molecular flexibility index (Phi) is 10.1. The SMILES string of the molecule is c1ccc(C2(c3ccccc3)c3ccccc3-c3c(-c4cccc(N(c5ccc(-c6ccc(-c7cccc8ccccc78)cc6)cc5)c5ccccc5-c5cccc6c5oc5ccccc56)c4)cccc32)cc1. The molecule has 0 unspecified atom stereocenters. The molecule has 1 aromatic heterocycles. The Morgan fingerprint density at radius 1 is 0.301 bits per heavy atom. The maximum atomic E-state index is 6.72. The fourth-order valence-electron chi connectivity index (χ4n) is 12.0. The molecule has 13 aromatic rings. The zero-order chi connectivity index (χ0) is 48.3. The molecule has 0 atom stereocenters. The first-order valence-corrected chi connectivity index (χ1v) is 25.2. The van der Waals surface area contributed by atoms with Gasteiger partial charge >= 0.3 is 0 Å². The first-order valence-electron chi connectivity index (χ1n) is 25.2. The van der Waals surface area contributed by atoms with Crippen LogP contribution < -0.4 is 4.90 Å². The third-order valence-electron chi connectivity index (χ3n) is 15.2. The molecule has 0 aliphatic heterocycles. The van der Waals surface area contributed by atoms with Crippen molar-refractivity contribution in [2.45, 2.75) is 5.41 Å². The summed E-state index contributed by atoms with van der Waals surface area (Å²) in [6.45, 7) is 0. The van der Waals surface area contributed by atoms with Crippen LogP contribution in [0.3, 0.4) is 0 Å². The summed E-state index contributed by atoms with van der Waals surface area (Å²) in [5.41, 5.74) is 21.3. The molecule has 0 radical (unpaired) electrons. The number of hydrogen-bond donors (Lipinski definition) is 0. The predicted octanol–water partition coefficient (Wildman–Crippen LogP) is 19.2. The lowest BCUT2D eigenvalue weighted by molar-refractivity contribution is 0.670. The lowest BCUT2D eigenvalue weighted by Gasteiger charge is -2.34. The maximum Gasteiger partial charge on any atom is 0.143 e. The Labute approximate surface area is 425 Å². The highest BCUT2D eigenvalue weighted by Gasteiger charge is 2.46. The number of anilines is 3. The third kappa shape index (κ3) is 6.87. The van der Waals surface area contributed by atoms with E-state index in [-0.39, 0.29) is 0 Å². The van der Waals surface area contributed by atoms with Gasteiger partial charge in [-0.25, -0.2) is 0 Å². The van der Waals surface area contributed by atoms with E-state index in [4.69, 9.17) is 4.42 Å². The number of furan rings is 1. The summed E-state index contributed by atoms with van der Waals surface area (Å²) in [7, 11) is 0. The standard InChI is InChI=1S/C71H47NO/c1-3-22-53(23-4-1)71(54-24-5-2-6-25-54)65-35-12-9-30-64(65)69-59(32-18-36-66(69)71)52-21-15-26-56(47-52)72(67-37-13-10-28-60(67)62-33-17-34-63-61-29-11-14-38-68(61)73-70(62)63)55-45-43-49(44-46-55)48-39-41-51(42-40-48)58-31-16-20-50-19-7-8-27-57(50)58/h1-47H. The number of benzene rings is 12. The zero-order valence-corrected chi connectivity index (χ0v) is 40.0. The number of rotatable bonds is 9. The first kappa shape index (κ1) is 42.4. The van der Waals surface area contributed by atoms with E-state index in [9.17, 15) is 0 Å². The summed E-state index contributed by atoms with van der Waals surface area (Å²) in [5.74, 6) is 0. The Morgan fingerprint density at radius 2 is 0.836 bits per heavy atom. The molecule has 73 heavy (non-hydrogen) atoms. The highest BCUT2D eigenvalue weighted by Crippen LogP contribution is 2.58. The maximum absolute atomic E-state index is 6.72. The van der Waals surface area contributed by atoms with E-state index in [2.05, 4.69) is 284 Å². The predicted molar refractivity (Wildman–Crippen MR) is 305 cm³/mol. The topological polar surface area (TPSA) is 16.4 Å². The zero-order valence-electron chi connectivity index (χ0n) is 40.0. The second-order valence-corrected chi connectivity index (χ2v) is 19.1. The fourth-order valence-corrected chi connectivity index (χ4v) is 12.0. The van der Waals surface area contributed by atoms with Crippen molar-refractivity contribution in [1.82, 2.24) is 0 Å². The lowest BCUT2D eigenvalue weighted by Crippen LogP contribution is -2.28.